The fraction of sp³-hybridized carbons (Fsp3) is 0.818. The lowest BCUT2D eigenvalue weighted by molar-refractivity contribution is -0.121. The van der Waals surface area contributed by atoms with E-state index < -0.39 is 6.03 Å². The molecule has 0 spiro atoms. The second-order valence-corrected chi connectivity index (χ2v) is 5.79. The zero-order valence-corrected chi connectivity index (χ0v) is 11.2. The van der Waals surface area contributed by atoms with Crippen molar-refractivity contribution < 1.29 is 9.59 Å². The van der Waals surface area contributed by atoms with Gasteiger partial charge in [-0.3, -0.25) is 10.1 Å². The third-order valence-electron chi connectivity index (χ3n) is 2.94. The monoisotopic (exact) mass is 259 g/mol. The Kier molecular flexibility index (Phi) is 5.77. The smallest absolute Gasteiger partial charge is 0.318 e. The van der Waals surface area contributed by atoms with Crippen molar-refractivity contribution in [2.75, 3.05) is 5.75 Å². The summed E-state index contributed by atoms with van der Waals surface area (Å²) in [6.07, 6.45) is 3.48. The average Bonchev–Trinajstić information content (AvgIpc) is 2.65. The number of hydrogen-bond acceptors (Lipinski definition) is 4. The Bertz CT molecular complexity index is 286. The van der Waals surface area contributed by atoms with Crippen LogP contribution in [0.25, 0.3) is 0 Å². The minimum absolute atomic E-state index is 0.355. The Morgan fingerprint density at radius 2 is 2.18 bits per heavy atom. The van der Waals surface area contributed by atoms with E-state index in [0.29, 0.717) is 11.3 Å². The Labute approximate surface area is 106 Å². The molecule has 3 atom stereocenters. The van der Waals surface area contributed by atoms with E-state index >= 15 is 0 Å². The summed E-state index contributed by atoms with van der Waals surface area (Å²) in [6, 6.07) is -0.825. The largest absolute Gasteiger partial charge is 0.351 e. The first-order chi connectivity index (χ1) is 8.04. The van der Waals surface area contributed by atoms with Crippen molar-refractivity contribution in [2.45, 2.75) is 50.4 Å². The number of carbonyl (C=O) groups excluding carboxylic acids is 2. The number of thioether (sulfide) groups is 1. The summed E-state index contributed by atoms with van der Waals surface area (Å²) < 4.78 is 0. The van der Waals surface area contributed by atoms with Crippen molar-refractivity contribution in [3.8, 4) is 0 Å². The molecule has 3 amide bonds. The minimum Gasteiger partial charge on any atom is -0.351 e. The van der Waals surface area contributed by atoms with Crippen LogP contribution in [0.5, 0.6) is 0 Å². The molecule has 98 valence electrons. The van der Waals surface area contributed by atoms with Crippen LogP contribution in [0.4, 0.5) is 4.79 Å². The Hall–Kier alpha value is -0.750. The van der Waals surface area contributed by atoms with Crippen LogP contribution in [0.3, 0.4) is 0 Å². The number of carbonyl (C=O) groups is 2. The van der Waals surface area contributed by atoms with E-state index in [2.05, 4.69) is 17.6 Å². The first-order valence-electron chi connectivity index (χ1n) is 6.02. The predicted octanol–water partition coefficient (Wildman–Crippen LogP) is 0.834. The molecule has 0 aromatic carbocycles. The van der Waals surface area contributed by atoms with Gasteiger partial charge in [0.1, 0.15) is 0 Å². The lowest BCUT2D eigenvalue weighted by Crippen LogP contribution is -2.50. The molecule has 0 aliphatic heterocycles. The van der Waals surface area contributed by atoms with E-state index in [1.165, 1.54) is 12.8 Å². The van der Waals surface area contributed by atoms with E-state index in [9.17, 15) is 9.59 Å². The summed E-state index contributed by atoms with van der Waals surface area (Å²) in [4.78, 5) is 22.1. The molecule has 0 bridgehead atoms. The number of nitrogens with one attached hydrogen (secondary N) is 2. The Morgan fingerprint density at radius 3 is 2.76 bits per heavy atom. The maximum absolute atomic E-state index is 11.5. The molecule has 3 unspecified atom stereocenters. The van der Waals surface area contributed by atoms with Crippen LogP contribution in [0.2, 0.25) is 0 Å². The van der Waals surface area contributed by atoms with E-state index in [0.717, 1.165) is 12.2 Å². The van der Waals surface area contributed by atoms with E-state index in [-0.39, 0.29) is 11.9 Å². The molecule has 0 aromatic heterocycles. The van der Waals surface area contributed by atoms with Gasteiger partial charge in [-0.15, -0.1) is 0 Å². The molecule has 6 heteroatoms. The van der Waals surface area contributed by atoms with Crippen molar-refractivity contribution in [3.63, 3.8) is 0 Å². The standard InChI is InChI=1S/C11H21N3O2S/c1-3-17-9-6-4-5-8(9)13-7(2)10(15)14-11(12)16/h7-9,13H,3-6H2,1-2H3,(H3,12,14,15,16). The van der Waals surface area contributed by atoms with Gasteiger partial charge in [0.15, 0.2) is 0 Å². The molecule has 1 saturated carbocycles. The lowest BCUT2D eigenvalue weighted by Gasteiger charge is -2.23. The maximum atomic E-state index is 11.5. The Balaban J connectivity index is 2.41. The molecule has 1 aliphatic rings. The van der Waals surface area contributed by atoms with Gasteiger partial charge in [0.05, 0.1) is 6.04 Å². The fourth-order valence-corrected chi connectivity index (χ4v) is 3.37. The number of nitrogens with two attached hydrogens (primary N) is 1. The molecule has 1 aliphatic carbocycles. The molecule has 1 rings (SSSR count). The van der Waals surface area contributed by atoms with Gasteiger partial charge in [-0.25, -0.2) is 4.79 Å². The SMILES string of the molecule is CCSC1CCCC1NC(C)C(=O)NC(N)=O. The molecular formula is C11H21N3O2S. The molecule has 4 N–H and O–H groups in total. The van der Waals surface area contributed by atoms with Gasteiger partial charge in [-0.2, -0.15) is 11.8 Å². The van der Waals surface area contributed by atoms with Crippen molar-refractivity contribution in [1.29, 1.82) is 0 Å². The predicted molar refractivity (Wildman–Crippen MR) is 69.9 cm³/mol. The number of amides is 3. The van der Waals surface area contributed by atoms with Gasteiger partial charge in [0.25, 0.3) is 0 Å². The topological polar surface area (TPSA) is 84.2 Å². The van der Waals surface area contributed by atoms with Crippen molar-refractivity contribution >= 4 is 23.7 Å². The van der Waals surface area contributed by atoms with Crippen LogP contribution in [-0.4, -0.2) is 35.0 Å². The van der Waals surface area contributed by atoms with E-state index in [4.69, 9.17) is 5.73 Å². The van der Waals surface area contributed by atoms with Crippen LogP contribution < -0.4 is 16.4 Å². The number of imide groups is 1. The molecular weight excluding hydrogens is 238 g/mol. The highest BCUT2D eigenvalue weighted by atomic mass is 32.2. The first-order valence-corrected chi connectivity index (χ1v) is 7.07. The van der Waals surface area contributed by atoms with Crippen molar-refractivity contribution in [2.24, 2.45) is 5.73 Å². The van der Waals surface area contributed by atoms with E-state index in [1.54, 1.807) is 6.92 Å². The maximum Gasteiger partial charge on any atom is 0.318 e. The van der Waals surface area contributed by atoms with Gasteiger partial charge >= 0.3 is 6.03 Å². The summed E-state index contributed by atoms with van der Waals surface area (Å²) >= 11 is 1.93. The fourth-order valence-electron chi connectivity index (χ4n) is 2.16. The van der Waals surface area contributed by atoms with Crippen LogP contribution >= 0.6 is 11.8 Å². The zero-order chi connectivity index (χ0) is 12.8. The van der Waals surface area contributed by atoms with Crippen LogP contribution in [0.1, 0.15) is 33.1 Å². The summed E-state index contributed by atoms with van der Waals surface area (Å²) in [5.74, 6) is 0.731. The van der Waals surface area contributed by atoms with Crippen LogP contribution in [0, 0.1) is 0 Å². The van der Waals surface area contributed by atoms with Gasteiger partial charge in [0.2, 0.25) is 5.91 Å². The van der Waals surface area contributed by atoms with Gasteiger partial charge in [-0.05, 0) is 25.5 Å². The highest BCUT2D eigenvalue weighted by Gasteiger charge is 2.29. The van der Waals surface area contributed by atoms with Crippen molar-refractivity contribution in [3.05, 3.63) is 0 Å². The Morgan fingerprint density at radius 1 is 1.47 bits per heavy atom. The van der Waals surface area contributed by atoms with Gasteiger partial charge < -0.3 is 11.1 Å². The van der Waals surface area contributed by atoms with Crippen LogP contribution in [-0.2, 0) is 4.79 Å². The summed E-state index contributed by atoms with van der Waals surface area (Å²) in [6.45, 7) is 3.90. The molecule has 0 radical (unpaired) electrons. The highest BCUT2D eigenvalue weighted by Crippen LogP contribution is 2.30. The summed E-state index contributed by atoms with van der Waals surface area (Å²) in [5, 5.41) is 5.95. The number of primary amides is 1. The van der Waals surface area contributed by atoms with E-state index in [1.807, 2.05) is 11.8 Å². The van der Waals surface area contributed by atoms with Gasteiger partial charge in [-0.1, -0.05) is 13.3 Å². The zero-order valence-electron chi connectivity index (χ0n) is 10.4. The molecule has 0 heterocycles. The van der Waals surface area contributed by atoms with Gasteiger partial charge in [0, 0.05) is 11.3 Å². The number of hydrogen-bond donors (Lipinski definition) is 3. The number of urea groups is 1. The second-order valence-electron chi connectivity index (χ2n) is 4.27. The molecule has 17 heavy (non-hydrogen) atoms. The lowest BCUT2D eigenvalue weighted by atomic mass is 10.2. The first kappa shape index (κ1) is 14.3. The summed E-state index contributed by atoms with van der Waals surface area (Å²) in [7, 11) is 0. The summed E-state index contributed by atoms with van der Waals surface area (Å²) in [5.41, 5.74) is 4.91. The van der Waals surface area contributed by atoms with Crippen LogP contribution in [0.15, 0.2) is 0 Å². The molecule has 0 aromatic rings. The average molecular weight is 259 g/mol. The second kappa shape index (κ2) is 6.86. The quantitative estimate of drug-likeness (QED) is 0.683. The highest BCUT2D eigenvalue weighted by molar-refractivity contribution is 7.99. The minimum atomic E-state index is -0.797. The number of rotatable bonds is 5. The third kappa shape index (κ3) is 4.55. The molecule has 0 saturated heterocycles. The normalized spacial score (nSPS) is 25.5. The van der Waals surface area contributed by atoms with Crippen molar-refractivity contribution in [1.82, 2.24) is 10.6 Å². The molecule has 1 fully saturated rings. The molecule has 5 nitrogen and oxygen atoms in total. The third-order valence-corrected chi connectivity index (χ3v) is 4.26.